The lowest BCUT2D eigenvalue weighted by molar-refractivity contribution is 0.926. The van der Waals surface area contributed by atoms with Crippen LogP contribution in [0.25, 0.3) is 0 Å². The standard InChI is InChI=1S/C16H12N4/c17-10-12-1-4-14(5-2-12)20-8-7-19-15-6-3-13(11-18)9-16(15)20/h1-6,9,19H,7-8H2. The fraction of sp³-hybridized carbons (Fsp3) is 0.125. The molecule has 4 nitrogen and oxygen atoms in total. The SMILES string of the molecule is N#Cc1ccc(N2CCNc3ccc(C#N)cc32)cc1. The Hall–Kier alpha value is -2.98. The molecule has 0 fully saturated rings. The van der Waals surface area contributed by atoms with Crippen molar-refractivity contribution in [2.75, 3.05) is 23.3 Å². The first-order chi connectivity index (χ1) is 9.81. The zero-order valence-corrected chi connectivity index (χ0v) is 10.8. The van der Waals surface area contributed by atoms with Crippen molar-refractivity contribution in [3.05, 3.63) is 53.6 Å². The van der Waals surface area contributed by atoms with Crippen molar-refractivity contribution < 1.29 is 0 Å². The van der Waals surface area contributed by atoms with Gasteiger partial charge in [0.15, 0.2) is 0 Å². The highest BCUT2D eigenvalue weighted by atomic mass is 15.2. The first kappa shape index (κ1) is 12.1. The number of hydrogen-bond acceptors (Lipinski definition) is 4. The average Bonchev–Trinajstić information content (AvgIpc) is 2.54. The van der Waals surface area contributed by atoms with Gasteiger partial charge in [-0.3, -0.25) is 0 Å². The first-order valence-corrected chi connectivity index (χ1v) is 6.37. The van der Waals surface area contributed by atoms with Crippen LogP contribution in [0.2, 0.25) is 0 Å². The Balaban J connectivity index is 2.04. The van der Waals surface area contributed by atoms with Crippen molar-refractivity contribution in [2.45, 2.75) is 0 Å². The Morgan fingerprint density at radius 1 is 0.950 bits per heavy atom. The minimum absolute atomic E-state index is 0.645. The molecule has 0 spiro atoms. The van der Waals surface area contributed by atoms with E-state index in [1.807, 2.05) is 42.5 Å². The molecule has 0 radical (unpaired) electrons. The molecule has 0 unspecified atom stereocenters. The third kappa shape index (κ3) is 2.04. The van der Waals surface area contributed by atoms with Crippen LogP contribution in [0.3, 0.4) is 0 Å². The Kier molecular flexibility index (Phi) is 2.99. The zero-order chi connectivity index (χ0) is 13.9. The highest BCUT2D eigenvalue weighted by Gasteiger charge is 2.18. The summed E-state index contributed by atoms with van der Waals surface area (Å²) in [6.45, 7) is 1.67. The second-order valence-corrected chi connectivity index (χ2v) is 4.58. The summed E-state index contributed by atoms with van der Waals surface area (Å²) in [5, 5.41) is 21.2. The molecule has 2 aromatic carbocycles. The van der Waals surface area contributed by atoms with E-state index in [1.54, 1.807) is 0 Å². The molecule has 1 aliphatic heterocycles. The fourth-order valence-corrected chi connectivity index (χ4v) is 2.38. The van der Waals surface area contributed by atoms with Crippen LogP contribution in [0.5, 0.6) is 0 Å². The maximum atomic E-state index is 9.04. The number of nitrogens with one attached hydrogen (secondary N) is 1. The van der Waals surface area contributed by atoms with E-state index in [0.29, 0.717) is 11.1 Å². The molecule has 3 rings (SSSR count). The molecule has 2 aromatic rings. The van der Waals surface area contributed by atoms with Gasteiger partial charge in [0.1, 0.15) is 0 Å². The lowest BCUT2D eigenvalue weighted by Gasteiger charge is -2.32. The summed E-state index contributed by atoms with van der Waals surface area (Å²) in [7, 11) is 0. The zero-order valence-electron chi connectivity index (χ0n) is 10.8. The van der Waals surface area contributed by atoms with Crippen LogP contribution in [0.15, 0.2) is 42.5 Å². The highest BCUT2D eigenvalue weighted by molar-refractivity contribution is 5.79. The van der Waals surface area contributed by atoms with Gasteiger partial charge in [-0.05, 0) is 42.5 Å². The van der Waals surface area contributed by atoms with Crippen LogP contribution in [0.4, 0.5) is 17.1 Å². The molecule has 1 aliphatic rings. The van der Waals surface area contributed by atoms with Crippen molar-refractivity contribution in [3.8, 4) is 12.1 Å². The molecule has 0 saturated carbocycles. The van der Waals surface area contributed by atoms with E-state index >= 15 is 0 Å². The third-order valence-corrected chi connectivity index (χ3v) is 3.38. The van der Waals surface area contributed by atoms with E-state index in [9.17, 15) is 0 Å². The number of benzene rings is 2. The van der Waals surface area contributed by atoms with Crippen LogP contribution in [-0.4, -0.2) is 13.1 Å². The molecule has 96 valence electrons. The van der Waals surface area contributed by atoms with Crippen molar-refractivity contribution in [3.63, 3.8) is 0 Å². The fourth-order valence-electron chi connectivity index (χ4n) is 2.38. The van der Waals surface area contributed by atoms with Gasteiger partial charge in [0.25, 0.3) is 0 Å². The van der Waals surface area contributed by atoms with Crippen molar-refractivity contribution in [1.29, 1.82) is 10.5 Å². The molecule has 0 aromatic heterocycles. The van der Waals surface area contributed by atoms with E-state index in [0.717, 1.165) is 30.2 Å². The number of nitrogens with zero attached hydrogens (tertiary/aromatic N) is 3. The maximum absolute atomic E-state index is 9.04. The van der Waals surface area contributed by atoms with Gasteiger partial charge < -0.3 is 10.2 Å². The molecule has 0 atom stereocenters. The van der Waals surface area contributed by atoms with Gasteiger partial charge in [-0.25, -0.2) is 0 Å². The number of fused-ring (bicyclic) bond motifs is 1. The molecular formula is C16H12N4. The van der Waals surface area contributed by atoms with E-state index in [4.69, 9.17) is 10.5 Å². The summed E-state index contributed by atoms with van der Waals surface area (Å²) in [5.74, 6) is 0. The minimum Gasteiger partial charge on any atom is -0.382 e. The second kappa shape index (κ2) is 4.95. The summed E-state index contributed by atoms with van der Waals surface area (Å²) >= 11 is 0. The van der Waals surface area contributed by atoms with Crippen LogP contribution in [-0.2, 0) is 0 Å². The van der Waals surface area contributed by atoms with Gasteiger partial charge in [-0.1, -0.05) is 0 Å². The van der Waals surface area contributed by atoms with Crippen LogP contribution in [0, 0.1) is 22.7 Å². The normalized spacial score (nSPS) is 12.8. The Labute approximate surface area is 117 Å². The molecule has 1 N–H and O–H groups in total. The van der Waals surface area contributed by atoms with Crippen LogP contribution < -0.4 is 10.2 Å². The molecule has 1 heterocycles. The van der Waals surface area contributed by atoms with E-state index < -0.39 is 0 Å². The van der Waals surface area contributed by atoms with Crippen LogP contribution in [0.1, 0.15) is 11.1 Å². The number of hydrogen-bond donors (Lipinski definition) is 1. The van der Waals surface area contributed by atoms with Gasteiger partial charge in [-0.15, -0.1) is 0 Å². The number of rotatable bonds is 1. The summed E-state index contributed by atoms with van der Waals surface area (Å²) in [6, 6.07) is 17.4. The average molecular weight is 260 g/mol. The smallest absolute Gasteiger partial charge is 0.0992 e. The van der Waals surface area contributed by atoms with Crippen molar-refractivity contribution >= 4 is 17.1 Å². The van der Waals surface area contributed by atoms with Gasteiger partial charge in [0.05, 0.1) is 34.6 Å². The predicted octanol–water partition coefficient (Wildman–Crippen LogP) is 2.99. The lowest BCUT2D eigenvalue weighted by Crippen LogP contribution is -2.30. The molecule has 0 bridgehead atoms. The maximum Gasteiger partial charge on any atom is 0.0992 e. The number of nitriles is 2. The molecule has 20 heavy (non-hydrogen) atoms. The Bertz CT molecular complexity index is 720. The summed E-state index contributed by atoms with van der Waals surface area (Å²) in [6.07, 6.45) is 0. The Morgan fingerprint density at radius 2 is 1.65 bits per heavy atom. The molecule has 0 amide bonds. The lowest BCUT2D eigenvalue weighted by atomic mass is 10.1. The van der Waals surface area contributed by atoms with Gasteiger partial charge >= 0.3 is 0 Å². The van der Waals surface area contributed by atoms with E-state index in [1.165, 1.54) is 0 Å². The van der Waals surface area contributed by atoms with Crippen molar-refractivity contribution in [1.82, 2.24) is 0 Å². The molecule has 4 heteroatoms. The molecule has 0 aliphatic carbocycles. The highest BCUT2D eigenvalue weighted by Crippen LogP contribution is 2.35. The minimum atomic E-state index is 0.645. The summed E-state index contributed by atoms with van der Waals surface area (Å²) < 4.78 is 0. The summed E-state index contributed by atoms with van der Waals surface area (Å²) in [5.41, 5.74) is 4.35. The summed E-state index contributed by atoms with van der Waals surface area (Å²) in [4.78, 5) is 2.16. The van der Waals surface area contributed by atoms with E-state index in [-0.39, 0.29) is 0 Å². The van der Waals surface area contributed by atoms with Gasteiger partial charge in [-0.2, -0.15) is 10.5 Å². The topological polar surface area (TPSA) is 62.9 Å². The number of anilines is 3. The molecule has 0 saturated heterocycles. The molecular weight excluding hydrogens is 248 g/mol. The largest absolute Gasteiger partial charge is 0.382 e. The third-order valence-electron chi connectivity index (χ3n) is 3.38. The Morgan fingerprint density at radius 3 is 2.35 bits per heavy atom. The van der Waals surface area contributed by atoms with Crippen LogP contribution >= 0.6 is 0 Å². The predicted molar refractivity (Wildman–Crippen MR) is 77.8 cm³/mol. The van der Waals surface area contributed by atoms with Crippen molar-refractivity contribution in [2.24, 2.45) is 0 Å². The van der Waals surface area contributed by atoms with Gasteiger partial charge in [0.2, 0.25) is 0 Å². The van der Waals surface area contributed by atoms with Gasteiger partial charge in [0, 0.05) is 18.8 Å². The quantitative estimate of drug-likeness (QED) is 0.856. The monoisotopic (exact) mass is 260 g/mol. The first-order valence-electron chi connectivity index (χ1n) is 6.37. The second-order valence-electron chi connectivity index (χ2n) is 4.58. The van der Waals surface area contributed by atoms with E-state index in [2.05, 4.69) is 22.4 Å².